The molecule has 4 aromatic rings. The molecule has 0 unspecified atom stereocenters. The molecule has 1 aromatic heterocycles. The van der Waals surface area contributed by atoms with Gasteiger partial charge in [0.2, 0.25) is 5.75 Å². The fourth-order valence-corrected chi connectivity index (χ4v) is 4.37. The van der Waals surface area contributed by atoms with Gasteiger partial charge in [-0.05, 0) is 48.4 Å². The second-order valence-corrected chi connectivity index (χ2v) is 8.21. The normalized spacial score (nSPS) is 11.7. The molecule has 188 valence electrons. The molecule has 1 heterocycles. The van der Waals surface area contributed by atoms with Crippen LogP contribution in [0.4, 0.5) is 0 Å². The molecule has 0 spiro atoms. The van der Waals surface area contributed by atoms with E-state index in [-0.39, 0.29) is 12.5 Å². The van der Waals surface area contributed by atoms with Crippen LogP contribution in [0.15, 0.2) is 60.8 Å². The molecule has 1 atom stereocenters. The van der Waals surface area contributed by atoms with Crippen molar-refractivity contribution < 1.29 is 28.8 Å². The van der Waals surface area contributed by atoms with Crippen LogP contribution in [0.25, 0.3) is 22.0 Å². The van der Waals surface area contributed by atoms with E-state index in [0.717, 1.165) is 16.5 Å². The third-order valence-electron chi connectivity index (χ3n) is 6.16. The predicted octanol–water partition coefficient (Wildman–Crippen LogP) is 4.20. The summed E-state index contributed by atoms with van der Waals surface area (Å²) >= 11 is 0. The lowest BCUT2D eigenvalue weighted by Crippen LogP contribution is -2.39. The fraction of sp³-hybridized carbons (Fsp3) is 0.250. The number of aromatic nitrogens is 1. The van der Waals surface area contributed by atoms with Crippen molar-refractivity contribution in [3.63, 3.8) is 0 Å². The number of hydrogen-bond acceptors (Lipinski definition) is 6. The number of fused-ring (bicyclic) bond motifs is 1. The summed E-state index contributed by atoms with van der Waals surface area (Å²) in [7, 11) is 6.17. The van der Waals surface area contributed by atoms with Gasteiger partial charge in [-0.2, -0.15) is 0 Å². The van der Waals surface area contributed by atoms with Crippen LogP contribution >= 0.6 is 0 Å². The lowest BCUT2D eigenvalue weighted by Gasteiger charge is -2.20. The molecule has 0 fully saturated rings. The number of benzene rings is 3. The van der Waals surface area contributed by atoms with Gasteiger partial charge in [-0.1, -0.05) is 18.2 Å². The summed E-state index contributed by atoms with van der Waals surface area (Å²) in [5.41, 5.74) is 3.65. The van der Waals surface area contributed by atoms with Gasteiger partial charge in [0.25, 0.3) is 5.91 Å². The van der Waals surface area contributed by atoms with Gasteiger partial charge in [0.05, 0.1) is 41.1 Å². The summed E-state index contributed by atoms with van der Waals surface area (Å²) in [5.74, 6) is 1.60. The summed E-state index contributed by atoms with van der Waals surface area (Å²) in [6.45, 7) is -0.212. The molecule has 8 heteroatoms. The van der Waals surface area contributed by atoms with Crippen LogP contribution in [0.5, 0.6) is 23.0 Å². The Morgan fingerprint density at radius 1 is 0.917 bits per heavy atom. The monoisotopic (exact) mass is 490 g/mol. The summed E-state index contributed by atoms with van der Waals surface area (Å²) in [6.07, 6.45) is 2.38. The molecule has 0 aliphatic rings. The first-order valence-corrected chi connectivity index (χ1v) is 11.5. The van der Waals surface area contributed by atoms with Gasteiger partial charge in [-0.25, -0.2) is 0 Å². The zero-order chi connectivity index (χ0) is 25.7. The number of aliphatic hydroxyl groups excluding tert-OH is 1. The van der Waals surface area contributed by atoms with E-state index in [1.54, 1.807) is 44.6 Å². The maximum absolute atomic E-state index is 13.5. The van der Waals surface area contributed by atoms with Gasteiger partial charge in [0, 0.05) is 33.8 Å². The fourth-order valence-electron chi connectivity index (χ4n) is 4.37. The van der Waals surface area contributed by atoms with Crippen LogP contribution in [0, 0.1) is 0 Å². The van der Waals surface area contributed by atoms with E-state index in [1.807, 2.05) is 30.5 Å². The van der Waals surface area contributed by atoms with E-state index < -0.39 is 6.04 Å². The number of H-pyrrole nitrogens is 1. The summed E-state index contributed by atoms with van der Waals surface area (Å²) < 4.78 is 22.0. The van der Waals surface area contributed by atoms with Crippen molar-refractivity contribution in [3.8, 4) is 34.1 Å². The number of nitrogens with one attached hydrogen (secondary N) is 2. The van der Waals surface area contributed by atoms with E-state index in [9.17, 15) is 9.90 Å². The second-order valence-electron chi connectivity index (χ2n) is 8.21. The van der Waals surface area contributed by atoms with Gasteiger partial charge in [-0.3, -0.25) is 4.79 Å². The van der Waals surface area contributed by atoms with E-state index in [0.29, 0.717) is 46.1 Å². The Bertz CT molecular complexity index is 1360. The summed E-state index contributed by atoms with van der Waals surface area (Å²) in [6, 6.07) is 16.2. The number of hydrogen-bond donors (Lipinski definition) is 3. The van der Waals surface area contributed by atoms with Crippen LogP contribution in [-0.2, 0) is 6.42 Å². The average molecular weight is 491 g/mol. The van der Waals surface area contributed by atoms with Crippen molar-refractivity contribution >= 4 is 16.8 Å². The Morgan fingerprint density at radius 2 is 1.69 bits per heavy atom. The van der Waals surface area contributed by atoms with Gasteiger partial charge in [0.15, 0.2) is 11.5 Å². The Balaban J connectivity index is 1.70. The molecule has 0 aliphatic carbocycles. The minimum absolute atomic E-state index is 0.212. The molecule has 3 aromatic carbocycles. The van der Waals surface area contributed by atoms with Gasteiger partial charge in [-0.15, -0.1) is 0 Å². The van der Waals surface area contributed by atoms with Gasteiger partial charge >= 0.3 is 0 Å². The molecular weight excluding hydrogens is 460 g/mol. The average Bonchev–Trinajstić information content (AvgIpc) is 3.33. The highest BCUT2D eigenvalue weighted by atomic mass is 16.5. The van der Waals surface area contributed by atoms with Crippen molar-refractivity contribution in [2.75, 3.05) is 35.0 Å². The molecule has 0 saturated carbocycles. The highest BCUT2D eigenvalue weighted by Gasteiger charge is 2.23. The number of para-hydroxylation sites is 1. The number of aromatic amines is 1. The molecule has 0 bridgehead atoms. The minimum atomic E-state index is -0.487. The number of ether oxygens (including phenoxy) is 4. The predicted molar refractivity (Wildman–Crippen MR) is 138 cm³/mol. The van der Waals surface area contributed by atoms with E-state index in [2.05, 4.69) is 10.3 Å². The molecule has 0 saturated heterocycles. The number of amides is 1. The molecule has 4 rings (SSSR count). The second kappa shape index (κ2) is 11.0. The number of methoxy groups -OCH3 is 4. The van der Waals surface area contributed by atoms with E-state index in [1.165, 1.54) is 14.2 Å². The minimum Gasteiger partial charge on any atom is -0.497 e. The van der Waals surface area contributed by atoms with Crippen LogP contribution in [-0.4, -0.2) is 57.1 Å². The van der Waals surface area contributed by atoms with Crippen molar-refractivity contribution in [1.29, 1.82) is 0 Å². The van der Waals surface area contributed by atoms with Crippen molar-refractivity contribution in [2.24, 2.45) is 0 Å². The SMILES string of the molecule is COc1ccc(C(=O)N[C@@H](CO)Cc2c[nH]c3ccccc23)c(-c2ccc(OC)c(OC)c2OC)c1. The zero-order valence-corrected chi connectivity index (χ0v) is 20.8. The largest absolute Gasteiger partial charge is 0.497 e. The van der Waals surface area contributed by atoms with Gasteiger partial charge < -0.3 is 34.4 Å². The first-order valence-electron chi connectivity index (χ1n) is 11.5. The number of aliphatic hydroxyl groups is 1. The molecule has 36 heavy (non-hydrogen) atoms. The lowest BCUT2D eigenvalue weighted by molar-refractivity contribution is 0.0917. The number of carbonyl (C=O) groups excluding carboxylic acids is 1. The standard InChI is InChI=1S/C28H30N2O6/c1-33-19-9-10-22(23(14-19)21-11-12-25(34-2)27(36-4)26(21)35-3)28(32)30-18(16-31)13-17-15-29-24-8-6-5-7-20(17)24/h5-12,14-15,18,29,31H,13,16H2,1-4H3,(H,30,32)/t18-/m1/s1. The van der Waals surface area contributed by atoms with Crippen LogP contribution in [0.1, 0.15) is 15.9 Å². The third kappa shape index (κ3) is 4.81. The van der Waals surface area contributed by atoms with Crippen LogP contribution in [0.2, 0.25) is 0 Å². The quantitative estimate of drug-likeness (QED) is 0.308. The van der Waals surface area contributed by atoms with E-state index >= 15 is 0 Å². The Morgan fingerprint density at radius 3 is 2.39 bits per heavy atom. The molecular formula is C28H30N2O6. The molecule has 8 nitrogen and oxygen atoms in total. The highest BCUT2D eigenvalue weighted by molar-refractivity contribution is 6.02. The lowest BCUT2D eigenvalue weighted by atomic mass is 9.96. The van der Waals surface area contributed by atoms with Crippen molar-refractivity contribution in [1.82, 2.24) is 10.3 Å². The van der Waals surface area contributed by atoms with Gasteiger partial charge in [0.1, 0.15) is 5.75 Å². The maximum Gasteiger partial charge on any atom is 0.252 e. The zero-order valence-electron chi connectivity index (χ0n) is 20.8. The Labute approximate surface area is 209 Å². The smallest absolute Gasteiger partial charge is 0.252 e. The highest BCUT2D eigenvalue weighted by Crippen LogP contribution is 2.45. The van der Waals surface area contributed by atoms with Crippen LogP contribution in [0.3, 0.4) is 0 Å². The molecule has 0 radical (unpaired) electrons. The summed E-state index contributed by atoms with van der Waals surface area (Å²) in [4.78, 5) is 16.7. The molecule has 3 N–H and O–H groups in total. The summed E-state index contributed by atoms with van der Waals surface area (Å²) in [5, 5.41) is 14.1. The third-order valence-corrected chi connectivity index (χ3v) is 6.16. The molecule has 1 amide bonds. The first kappa shape index (κ1) is 24.9. The van der Waals surface area contributed by atoms with Crippen LogP contribution < -0.4 is 24.3 Å². The van der Waals surface area contributed by atoms with Crippen molar-refractivity contribution in [3.05, 3.63) is 71.9 Å². The topological polar surface area (TPSA) is 102 Å². The number of carbonyl (C=O) groups is 1. The number of rotatable bonds is 10. The van der Waals surface area contributed by atoms with E-state index in [4.69, 9.17) is 18.9 Å². The maximum atomic E-state index is 13.5. The Hall–Kier alpha value is -4.17. The Kier molecular flexibility index (Phi) is 7.65. The first-order chi connectivity index (χ1) is 17.5. The molecule has 0 aliphatic heterocycles. The van der Waals surface area contributed by atoms with Crippen molar-refractivity contribution in [2.45, 2.75) is 12.5 Å².